The molecule has 3 heterocycles. The van der Waals surface area contributed by atoms with Gasteiger partial charge in [0.05, 0.1) is 24.0 Å². The van der Waals surface area contributed by atoms with E-state index in [1.165, 1.54) is 4.90 Å². The van der Waals surface area contributed by atoms with E-state index in [0.717, 1.165) is 11.3 Å². The Morgan fingerprint density at radius 1 is 1.09 bits per heavy atom. The number of aliphatic hydroxyl groups is 1. The Balaban J connectivity index is 1.23. The number of piperidine rings is 1. The number of primary amides is 1. The van der Waals surface area contributed by atoms with Gasteiger partial charge in [-0.1, -0.05) is 23.7 Å². The summed E-state index contributed by atoms with van der Waals surface area (Å²) in [6.07, 6.45) is 2.40. The van der Waals surface area contributed by atoms with Crippen LogP contribution in [0.1, 0.15) is 12.8 Å². The first-order valence-electron chi connectivity index (χ1n) is 11.3. The number of piperazine rings is 1. The number of halogens is 1. The SMILES string of the molecule is NC(=O)N1CCC(O)(CNC(=O)CN2CCN(c3nncc(-c4ccc(Cl)cc4)n3)CC2)CC1. The van der Waals surface area contributed by atoms with Gasteiger partial charge >= 0.3 is 6.03 Å². The molecule has 0 atom stereocenters. The molecule has 11 nitrogen and oxygen atoms in total. The first-order chi connectivity index (χ1) is 16.3. The van der Waals surface area contributed by atoms with Crippen LogP contribution >= 0.6 is 11.6 Å². The zero-order chi connectivity index (χ0) is 24.1. The van der Waals surface area contributed by atoms with Crippen LogP contribution in [0.4, 0.5) is 10.7 Å². The minimum atomic E-state index is -1.01. The quantitative estimate of drug-likeness (QED) is 0.528. The lowest BCUT2D eigenvalue weighted by Gasteiger charge is -2.38. The van der Waals surface area contributed by atoms with Crippen molar-refractivity contribution in [3.05, 3.63) is 35.5 Å². The van der Waals surface area contributed by atoms with E-state index in [-0.39, 0.29) is 19.0 Å². The monoisotopic (exact) mass is 488 g/mol. The number of amides is 3. The fraction of sp³-hybridized carbons (Fsp3) is 0.500. The molecular formula is C22H29ClN8O3. The second kappa shape index (κ2) is 10.5. The number of hydrogen-bond acceptors (Lipinski definition) is 8. The van der Waals surface area contributed by atoms with Crippen molar-refractivity contribution >= 4 is 29.5 Å². The van der Waals surface area contributed by atoms with Crippen molar-refractivity contribution in [3.63, 3.8) is 0 Å². The normalized spacial score (nSPS) is 18.5. The third-order valence-electron chi connectivity index (χ3n) is 6.33. The predicted molar refractivity (Wildman–Crippen MR) is 127 cm³/mol. The number of urea groups is 1. The van der Waals surface area contributed by atoms with E-state index in [2.05, 4.69) is 30.3 Å². The van der Waals surface area contributed by atoms with Gasteiger partial charge in [0.2, 0.25) is 11.9 Å². The third kappa shape index (κ3) is 6.10. The van der Waals surface area contributed by atoms with Crippen LogP contribution in [0.2, 0.25) is 5.02 Å². The number of hydrogen-bond donors (Lipinski definition) is 3. The fourth-order valence-corrected chi connectivity index (χ4v) is 4.26. The standard InChI is InChI=1S/C22H29ClN8O3/c23-17-3-1-16(2-4-17)18-13-26-28-21(27-18)31-11-9-29(10-12-31)14-19(32)25-15-22(34)5-7-30(8-6-22)20(24)33/h1-4,13,34H,5-12,14-15H2,(H2,24,33)(H,25,32). The van der Waals surface area contributed by atoms with Crippen LogP contribution in [0.3, 0.4) is 0 Å². The Bertz CT molecular complexity index is 1010. The summed E-state index contributed by atoms with van der Waals surface area (Å²) in [6.45, 7) is 3.90. The number of benzene rings is 1. The molecule has 0 saturated carbocycles. The van der Waals surface area contributed by atoms with E-state index >= 15 is 0 Å². The lowest BCUT2D eigenvalue weighted by Crippen LogP contribution is -2.54. The Hall–Kier alpha value is -3.02. The molecule has 4 N–H and O–H groups in total. The Labute approximate surface area is 202 Å². The lowest BCUT2D eigenvalue weighted by atomic mass is 9.91. The smallest absolute Gasteiger partial charge is 0.314 e. The molecule has 2 aliphatic rings. The van der Waals surface area contributed by atoms with E-state index in [0.29, 0.717) is 63.1 Å². The average molecular weight is 489 g/mol. The molecule has 1 aromatic heterocycles. The third-order valence-corrected chi connectivity index (χ3v) is 6.58. The van der Waals surface area contributed by atoms with Gasteiger partial charge in [0, 0.05) is 56.4 Å². The average Bonchev–Trinajstić information content (AvgIpc) is 2.84. The second-order valence-corrected chi connectivity index (χ2v) is 9.17. The molecule has 1 aromatic carbocycles. The van der Waals surface area contributed by atoms with Crippen molar-refractivity contribution in [2.75, 3.05) is 57.3 Å². The van der Waals surface area contributed by atoms with Gasteiger partial charge < -0.3 is 26.0 Å². The summed E-state index contributed by atoms with van der Waals surface area (Å²) in [5.74, 6) is 0.419. The Morgan fingerprint density at radius 2 is 1.76 bits per heavy atom. The molecule has 182 valence electrons. The predicted octanol–water partition coefficient (Wildman–Crippen LogP) is 0.336. The summed E-state index contributed by atoms with van der Waals surface area (Å²) >= 11 is 5.96. The van der Waals surface area contributed by atoms with Crippen LogP contribution in [0, 0.1) is 0 Å². The molecule has 2 aliphatic heterocycles. The topological polar surface area (TPSA) is 141 Å². The summed E-state index contributed by atoms with van der Waals surface area (Å²) in [6, 6.07) is 6.92. The molecule has 4 rings (SSSR count). The maximum absolute atomic E-state index is 12.4. The molecule has 2 saturated heterocycles. The minimum Gasteiger partial charge on any atom is -0.388 e. The molecule has 34 heavy (non-hydrogen) atoms. The number of carbonyl (C=O) groups excluding carboxylic acids is 2. The number of nitrogens with zero attached hydrogens (tertiary/aromatic N) is 6. The molecule has 0 radical (unpaired) electrons. The number of nitrogens with one attached hydrogen (secondary N) is 1. The maximum atomic E-state index is 12.4. The number of nitrogens with two attached hydrogens (primary N) is 1. The molecule has 2 aromatic rings. The fourth-order valence-electron chi connectivity index (χ4n) is 4.14. The van der Waals surface area contributed by atoms with Crippen LogP contribution in [0.25, 0.3) is 11.3 Å². The lowest BCUT2D eigenvalue weighted by molar-refractivity contribution is -0.124. The minimum absolute atomic E-state index is 0.137. The highest BCUT2D eigenvalue weighted by atomic mass is 35.5. The Kier molecular flexibility index (Phi) is 7.44. The molecular weight excluding hydrogens is 460 g/mol. The van der Waals surface area contributed by atoms with E-state index in [9.17, 15) is 14.7 Å². The summed E-state index contributed by atoms with van der Waals surface area (Å²) in [5, 5.41) is 22.4. The highest BCUT2D eigenvalue weighted by Gasteiger charge is 2.34. The number of likely N-dealkylation sites (tertiary alicyclic amines) is 1. The first kappa shape index (κ1) is 24.1. The van der Waals surface area contributed by atoms with Gasteiger partial charge in [-0.3, -0.25) is 9.69 Å². The van der Waals surface area contributed by atoms with Crippen molar-refractivity contribution in [1.29, 1.82) is 0 Å². The van der Waals surface area contributed by atoms with Gasteiger partial charge in [0.25, 0.3) is 0 Å². The summed E-state index contributed by atoms with van der Waals surface area (Å²) < 4.78 is 0. The van der Waals surface area contributed by atoms with E-state index < -0.39 is 11.6 Å². The Morgan fingerprint density at radius 3 is 2.41 bits per heavy atom. The number of rotatable bonds is 6. The van der Waals surface area contributed by atoms with Crippen molar-refractivity contribution in [2.24, 2.45) is 5.73 Å². The van der Waals surface area contributed by atoms with Crippen LogP contribution < -0.4 is 16.0 Å². The van der Waals surface area contributed by atoms with Gasteiger partial charge in [0.15, 0.2) is 0 Å². The summed E-state index contributed by atoms with van der Waals surface area (Å²) in [7, 11) is 0. The van der Waals surface area contributed by atoms with Gasteiger partial charge in [-0.15, -0.1) is 5.10 Å². The zero-order valence-electron chi connectivity index (χ0n) is 18.9. The van der Waals surface area contributed by atoms with Crippen molar-refractivity contribution in [2.45, 2.75) is 18.4 Å². The molecule has 0 bridgehead atoms. The van der Waals surface area contributed by atoms with E-state index in [1.807, 2.05) is 24.3 Å². The second-order valence-electron chi connectivity index (χ2n) is 8.74. The van der Waals surface area contributed by atoms with E-state index in [4.69, 9.17) is 17.3 Å². The van der Waals surface area contributed by atoms with Crippen molar-refractivity contribution < 1.29 is 14.7 Å². The molecule has 0 spiro atoms. The van der Waals surface area contributed by atoms with Gasteiger partial charge in [0.1, 0.15) is 0 Å². The highest BCUT2D eigenvalue weighted by Crippen LogP contribution is 2.22. The van der Waals surface area contributed by atoms with E-state index in [1.54, 1.807) is 6.20 Å². The molecule has 12 heteroatoms. The van der Waals surface area contributed by atoms with Crippen LogP contribution in [0.5, 0.6) is 0 Å². The highest BCUT2D eigenvalue weighted by molar-refractivity contribution is 6.30. The molecule has 3 amide bonds. The molecule has 0 aliphatic carbocycles. The summed E-state index contributed by atoms with van der Waals surface area (Å²) in [4.78, 5) is 33.9. The van der Waals surface area contributed by atoms with Crippen LogP contribution in [-0.4, -0.2) is 100.0 Å². The van der Waals surface area contributed by atoms with Crippen molar-refractivity contribution in [3.8, 4) is 11.3 Å². The number of aromatic nitrogens is 3. The number of anilines is 1. The number of carbonyl (C=O) groups is 2. The maximum Gasteiger partial charge on any atom is 0.314 e. The van der Waals surface area contributed by atoms with Gasteiger partial charge in [-0.2, -0.15) is 5.10 Å². The van der Waals surface area contributed by atoms with Crippen molar-refractivity contribution in [1.82, 2.24) is 30.3 Å². The van der Waals surface area contributed by atoms with Crippen LogP contribution in [0.15, 0.2) is 30.5 Å². The van der Waals surface area contributed by atoms with Gasteiger partial charge in [-0.05, 0) is 25.0 Å². The molecule has 2 fully saturated rings. The zero-order valence-corrected chi connectivity index (χ0v) is 19.6. The summed E-state index contributed by atoms with van der Waals surface area (Å²) in [5.41, 5.74) is 5.90. The van der Waals surface area contributed by atoms with Crippen LogP contribution in [-0.2, 0) is 4.79 Å². The largest absolute Gasteiger partial charge is 0.388 e. The molecule has 0 unspecified atom stereocenters. The first-order valence-corrected chi connectivity index (χ1v) is 11.7. The van der Waals surface area contributed by atoms with Gasteiger partial charge in [-0.25, -0.2) is 9.78 Å².